The lowest BCUT2D eigenvalue weighted by Gasteiger charge is -2.08. The van der Waals surface area contributed by atoms with Crippen molar-refractivity contribution in [2.24, 2.45) is 0 Å². The highest BCUT2D eigenvalue weighted by atomic mass is 19.4. The average molecular weight is 237 g/mol. The molecule has 0 aliphatic heterocycles. The van der Waals surface area contributed by atoms with Crippen molar-refractivity contribution in [3.63, 3.8) is 0 Å². The van der Waals surface area contributed by atoms with Crippen LogP contribution < -0.4 is 5.32 Å². The van der Waals surface area contributed by atoms with Crippen molar-refractivity contribution < 1.29 is 27.6 Å². The summed E-state index contributed by atoms with van der Waals surface area (Å²) in [6.07, 6.45) is -5.34. The maximum Gasteiger partial charge on any atom is 0.471 e. The molecule has 1 saturated carbocycles. The van der Waals surface area contributed by atoms with Gasteiger partial charge in [0.25, 0.3) is 0 Å². The van der Waals surface area contributed by atoms with Gasteiger partial charge in [-0.3, -0.25) is 0 Å². The first-order chi connectivity index (χ1) is 7.33. The Morgan fingerprint density at radius 3 is 2.50 bits per heavy atom. The van der Waals surface area contributed by atoms with Gasteiger partial charge in [0.15, 0.2) is 5.82 Å². The third kappa shape index (κ3) is 1.79. The normalized spacial score (nSPS) is 18.2. The van der Waals surface area contributed by atoms with Crippen LogP contribution in [0.1, 0.15) is 24.6 Å². The van der Waals surface area contributed by atoms with Crippen molar-refractivity contribution in [2.45, 2.75) is 24.6 Å². The molecular formula is C7H6F3N3O3. The van der Waals surface area contributed by atoms with Gasteiger partial charge in [0, 0.05) is 0 Å². The quantitative estimate of drug-likeness (QED) is 0.810. The number of alkyl halides is 3. The van der Waals surface area contributed by atoms with E-state index in [1.807, 2.05) is 0 Å². The Morgan fingerprint density at radius 1 is 1.50 bits per heavy atom. The van der Waals surface area contributed by atoms with E-state index in [9.17, 15) is 18.0 Å². The largest absolute Gasteiger partial charge is 0.471 e. The fraction of sp³-hybridized carbons (Fsp3) is 0.571. The van der Waals surface area contributed by atoms with Crippen LogP contribution in [0.4, 0.5) is 18.0 Å². The number of rotatable bonds is 2. The summed E-state index contributed by atoms with van der Waals surface area (Å²) in [5.74, 6) is -1.75. The molecule has 1 aromatic rings. The first-order valence-corrected chi connectivity index (χ1v) is 4.26. The van der Waals surface area contributed by atoms with Gasteiger partial charge in [-0.2, -0.15) is 18.2 Å². The predicted octanol–water partition coefficient (Wildman–Crippen LogP) is 1.35. The number of carboxylic acid groups (broad SMARTS) is 1. The Bertz CT molecular complexity index is 424. The Labute approximate surface area is 86.4 Å². The summed E-state index contributed by atoms with van der Waals surface area (Å²) in [5.41, 5.74) is -1.11. The maximum absolute atomic E-state index is 12.1. The summed E-state index contributed by atoms with van der Waals surface area (Å²) in [4.78, 5) is 13.6. The molecule has 0 aromatic carbocycles. The number of hydrogen-bond acceptors (Lipinski definition) is 4. The molecule has 16 heavy (non-hydrogen) atoms. The van der Waals surface area contributed by atoms with E-state index in [2.05, 4.69) is 20.0 Å². The summed E-state index contributed by atoms with van der Waals surface area (Å²) in [5, 5.41) is 13.7. The number of carbonyl (C=O) groups is 1. The van der Waals surface area contributed by atoms with Crippen molar-refractivity contribution in [3.8, 4) is 0 Å². The molecule has 0 radical (unpaired) electrons. The molecule has 88 valence electrons. The van der Waals surface area contributed by atoms with Gasteiger partial charge >= 0.3 is 18.2 Å². The average Bonchev–Trinajstić information content (AvgIpc) is 2.73. The van der Waals surface area contributed by atoms with Crippen molar-refractivity contribution in [1.29, 1.82) is 0 Å². The minimum atomic E-state index is -4.72. The third-order valence-corrected chi connectivity index (χ3v) is 2.19. The third-order valence-electron chi connectivity index (χ3n) is 2.19. The number of halogens is 3. The monoisotopic (exact) mass is 237 g/mol. The van der Waals surface area contributed by atoms with Crippen molar-refractivity contribution in [1.82, 2.24) is 15.5 Å². The predicted molar refractivity (Wildman–Crippen MR) is 41.4 cm³/mol. The van der Waals surface area contributed by atoms with Gasteiger partial charge in [-0.05, 0) is 12.8 Å². The molecule has 1 heterocycles. The molecule has 0 unspecified atom stereocenters. The molecule has 1 aliphatic carbocycles. The summed E-state index contributed by atoms with van der Waals surface area (Å²) in [6.45, 7) is 0. The minimum absolute atomic E-state index is 0.276. The molecule has 0 saturated heterocycles. The van der Waals surface area contributed by atoms with E-state index >= 15 is 0 Å². The smallest absolute Gasteiger partial charge is 0.465 e. The van der Waals surface area contributed by atoms with Gasteiger partial charge < -0.3 is 14.9 Å². The van der Waals surface area contributed by atoms with Crippen molar-refractivity contribution in [3.05, 3.63) is 11.7 Å². The summed E-state index contributed by atoms with van der Waals surface area (Å²) in [7, 11) is 0. The molecule has 1 aliphatic rings. The van der Waals surface area contributed by atoms with Gasteiger partial charge in [-0.25, -0.2) is 4.79 Å². The Hall–Kier alpha value is -1.80. The van der Waals surface area contributed by atoms with Crippen LogP contribution in [0, 0.1) is 0 Å². The highest BCUT2D eigenvalue weighted by Crippen LogP contribution is 2.44. The van der Waals surface area contributed by atoms with E-state index < -0.39 is 23.7 Å². The fourth-order valence-electron chi connectivity index (χ4n) is 1.27. The van der Waals surface area contributed by atoms with E-state index in [0.29, 0.717) is 12.8 Å². The Morgan fingerprint density at radius 2 is 2.12 bits per heavy atom. The second-order valence-corrected chi connectivity index (χ2v) is 3.43. The lowest BCUT2D eigenvalue weighted by molar-refractivity contribution is -0.159. The molecule has 1 amide bonds. The summed E-state index contributed by atoms with van der Waals surface area (Å²) >= 11 is 0. The van der Waals surface area contributed by atoms with Gasteiger partial charge in [0.1, 0.15) is 5.54 Å². The van der Waals surface area contributed by atoms with Gasteiger partial charge in [-0.1, -0.05) is 5.16 Å². The second-order valence-electron chi connectivity index (χ2n) is 3.43. The Kier molecular flexibility index (Phi) is 2.07. The number of nitrogens with one attached hydrogen (secondary N) is 1. The molecule has 6 nitrogen and oxygen atoms in total. The van der Waals surface area contributed by atoms with Crippen LogP contribution >= 0.6 is 0 Å². The number of nitrogens with zero attached hydrogens (tertiary/aromatic N) is 2. The Balaban J connectivity index is 2.22. The molecular weight excluding hydrogens is 231 g/mol. The lowest BCUT2D eigenvalue weighted by Crippen LogP contribution is -2.34. The van der Waals surface area contributed by atoms with Gasteiger partial charge in [-0.15, -0.1) is 0 Å². The lowest BCUT2D eigenvalue weighted by atomic mass is 10.2. The molecule has 2 N–H and O–H groups in total. The highest BCUT2D eigenvalue weighted by Gasteiger charge is 2.51. The van der Waals surface area contributed by atoms with Crippen LogP contribution in [0.25, 0.3) is 0 Å². The van der Waals surface area contributed by atoms with Crippen LogP contribution in [0.5, 0.6) is 0 Å². The maximum atomic E-state index is 12.1. The van der Waals surface area contributed by atoms with E-state index in [1.165, 1.54) is 0 Å². The number of aromatic nitrogens is 2. The van der Waals surface area contributed by atoms with Gasteiger partial charge in [0.05, 0.1) is 0 Å². The number of amides is 1. The highest BCUT2D eigenvalue weighted by molar-refractivity contribution is 5.66. The molecule has 2 rings (SSSR count). The van der Waals surface area contributed by atoms with Crippen LogP contribution in [0.2, 0.25) is 0 Å². The second kappa shape index (κ2) is 3.09. The zero-order chi connectivity index (χ0) is 12.0. The molecule has 0 atom stereocenters. The zero-order valence-corrected chi connectivity index (χ0v) is 7.71. The standard InChI is InChI=1S/C7H6F3N3O3/c8-7(9,10)4-11-3(13-16-4)6(1-2-6)12-5(14)15/h12H,1-2H2,(H,14,15). The molecule has 9 heteroatoms. The fourth-order valence-corrected chi connectivity index (χ4v) is 1.27. The van der Waals surface area contributed by atoms with Crippen LogP contribution in [-0.2, 0) is 11.7 Å². The van der Waals surface area contributed by atoms with E-state index in [1.54, 1.807) is 0 Å². The van der Waals surface area contributed by atoms with Crippen molar-refractivity contribution >= 4 is 6.09 Å². The van der Waals surface area contributed by atoms with Gasteiger partial charge in [0.2, 0.25) is 0 Å². The SMILES string of the molecule is O=C(O)NC1(c2noc(C(F)(F)F)n2)CC1. The topological polar surface area (TPSA) is 88.2 Å². The molecule has 1 aromatic heterocycles. The van der Waals surface area contributed by atoms with E-state index in [0.717, 1.165) is 0 Å². The molecule has 0 spiro atoms. The first-order valence-electron chi connectivity index (χ1n) is 4.26. The zero-order valence-electron chi connectivity index (χ0n) is 7.71. The van der Waals surface area contributed by atoms with E-state index in [4.69, 9.17) is 5.11 Å². The van der Waals surface area contributed by atoms with E-state index in [-0.39, 0.29) is 5.82 Å². The minimum Gasteiger partial charge on any atom is -0.465 e. The number of hydrogen-bond donors (Lipinski definition) is 2. The van der Waals surface area contributed by atoms with Crippen LogP contribution in [-0.4, -0.2) is 21.3 Å². The van der Waals surface area contributed by atoms with Crippen LogP contribution in [0.3, 0.4) is 0 Å². The van der Waals surface area contributed by atoms with Crippen LogP contribution in [0.15, 0.2) is 4.52 Å². The first kappa shape index (κ1) is 10.7. The molecule has 1 fully saturated rings. The summed E-state index contributed by atoms with van der Waals surface area (Å²) in [6, 6.07) is 0. The molecule has 0 bridgehead atoms. The van der Waals surface area contributed by atoms with Crippen molar-refractivity contribution in [2.75, 3.05) is 0 Å². The summed E-state index contributed by atoms with van der Waals surface area (Å²) < 4.78 is 40.4.